The van der Waals surface area contributed by atoms with Crippen LogP contribution in [0.25, 0.3) is 0 Å². The Morgan fingerprint density at radius 3 is 2.76 bits per heavy atom. The number of amides is 1. The fourth-order valence-electron chi connectivity index (χ4n) is 2.73. The summed E-state index contributed by atoms with van der Waals surface area (Å²) in [6.45, 7) is 3.07. The van der Waals surface area contributed by atoms with Gasteiger partial charge in [0.1, 0.15) is 5.75 Å². The van der Waals surface area contributed by atoms with Crippen LogP contribution in [-0.2, 0) is 14.3 Å². The molecule has 1 aromatic rings. The summed E-state index contributed by atoms with van der Waals surface area (Å²) in [7, 11) is 0. The molecule has 2 aliphatic rings. The number of nitrogens with zero attached hydrogens (tertiary/aromatic N) is 2. The van der Waals surface area contributed by atoms with Gasteiger partial charge in [-0.3, -0.25) is 9.78 Å². The number of ether oxygens (including phenoxy) is 3. The van der Waals surface area contributed by atoms with Crippen LogP contribution in [0.5, 0.6) is 5.75 Å². The highest BCUT2D eigenvalue weighted by atomic mass is 16.7. The summed E-state index contributed by atoms with van der Waals surface area (Å²) < 4.78 is 16.8. The van der Waals surface area contributed by atoms with Crippen molar-refractivity contribution in [3.05, 3.63) is 24.5 Å². The number of rotatable bonds is 4. The van der Waals surface area contributed by atoms with Gasteiger partial charge < -0.3 is 19.1 Å². The predicted octanol–water partition coefficient (Wildman–Crippen LogP) is 1.22. The first-order chi connectivity index (χ1) is 10.3. The van der Waals surface area contributed by atoms with Crippen LogP contribution >= 0.6 is 0 Å². The Labute approximate surface area is 124 Å². The van der Waals surface area contributed by atoms with Crippen molar-refractivity contribution in [2.45, 2.75) is 25.0 Å². The standard InChI is InChI=1S/C15H20N2O4/c18-14(3-9-19-13-2-1-6-16-12-13)17-7-4-15(5-8-17)20-10-11-21-15/h1-2,6,12H,3-5,7-11H2. The predicted molar refractivity (Wildman–Crippen MR) is 74.8 cm³/mol. The molecule has 0 radical (unpaired) electrons. The molecule has 1 amide bonds. The minimum Gasteiger partial charge on any atom is -0.491 e. The van der Waals surface area contributed by atoms with Crippen LogP contribution in [-0.4, -0.2) is 54.5 Å². The van der Waals surface area contributed by atoms with E-state index in [4.69, 9.17) is 14.2 Å². The molecule has 2 fully saturated rings. The molecule has 0 aliphatic carbocycles. The molecule has 21 heavy (non-hydrogen) atoms. The average Bonchev–Trinajstić information content (AvgIpc) is 2.97. The van der Waals surface area contributed by atoms with Crippen molar-refractivity contribution in [3.8, 4) is 5.75 Å². The highest BCUT2D eigenvalue weighted by Gasteiger charge is 2.40. The van der Waals surface area contributed by atoms with E-state index in [0.717, 1.165) is 12.8 Å². The number of carbonyl (C=O) groups is 1. The fraction of sp³-hybridized carbons (Fsp3) is 0.600. The number of aromatic nitrogens is 1. The number of pyridine rings is 1. The van der Waals surface area contributed by atoms with E-state index in [0.29, 0.717) is 45.1 Å². The number of likely N-dealkylation sites (tertiary alicyclic amines) is 1. The minimum absolute atomic E-state index is 0.117. The molecule has 0 aromatic carbocycles. The summed E-state index contributed by atoms with van der Waals surface area (Å²) >= 11 is 0. The van der Waals surface area contributed by atoms with E-state index in [-0.39, 0.29) is 5.91 Å². The van der Waals surface area contributed by atoms with Gasteiger partial charge in [0.05, 0.1) is 32.4 Å². The molecule has 2 aliphatic heterocycles. The third-order valence-electron chi connectivity index (χ3n) is 3.91. The molecule has 6 nitrogen and oxygen atoms in total. The van der Waals surface area contributed by atoms with Gasteiger partial charge in [0.2, 0.25) is 5.91 Å². The molecular formula is C15H20N2O4. The third-order valence-corrected chi connectivity index (χ3v) is 3.91. The largest absolute Gasteiger partial charge is 0.491 e. The van der Waals surface area contributed by atoms with Gasteiger partial charge in [-0.15, -0.1) is 0 Å². The molecule has 3 heterocycles. The van der Waals surface area contributed by atoms with Crippen LogP contribution < -0.4 is 4.74 Å². The van der Waals surface area contributed by atoms with Gasteiger partial charge in [-0.2, -0.15) is 0 Å². The van der Waals surface area contributed by atoms with Crippen molar-refractivity contribution in [2.24, 2.45) is 0 Å². The Balaban J connectivity index is 1.40. The Hall–Kier alpha value is -1.66. The van der Waals surface area contributed by atoms with Crippen molar-refractivity contribution < 1.29 is 19.0 Å². The van der Waals surface area contributed by atoms with Gasteiger partial charge in [0.25, 0.3) is 0 Å². The fourth-order valence-corrected chi connectivity index (χ4v) is 2.73. The minimum atomic E-state index is -0.428. The van der Waals surface area contributed by atoms with Crippen molar-refractivity contribution in [3.63, 3.8) is 0 Å². The van der Waals surface area contributed by atoms with Gasteiger partial charge in [-0.1, -0.05) is 0 Å². The zero-order valence-electron chi connectivity index (χ0n) is 12.0. The van der Waals surface area contributed by atoms with Gasteiger partial charge in [-0.05, 0) is 12.1 Å². The topological polar surface area (TPSA) is 60.9 Å². The van der Waals surface area contributed by atoms with Crippen molar-refractivity contribution in [1.29, 1.82) is 0 Å². The molecule has 0 N–H and O–H groups in total. The molecule has 114 valence electrons. The van der Waals surface area contributed by atoms with E-state index in [1.165, 1.54) is 0 Å². The lowest BCUT2D eigenvalue weighted by atomic mass is 10.0. The summed E-state index contributed by atoms with van der Waals surface area (Å²) in [5, 5.41) is 0. The van der Waals surface area contributed by atoms with Crippen LogP contribution in [0, 0.1) is 0 Å². The molecule has 1 aromatic heterocycles. The van der Waals surface area contributed by atoms with Gasteiger partial charge in [0.15, 0.2) is 5.79 Å². The van der Waals surface area contributed by atoms with Crippen molar-refractivity contribution in [2.75, 3.05) is 32.9 Å². The number of piperidine rings is 1. The van der Waals surface area contributed by atoms with Gasteiger partial charge in [0, 0.05) is 32.1 Å². The lowest BCUT2D eigenvalue weighted by Gasteiger charge is -2.37. The molecular weight excluding hydrogens is 272 g/mol. The lowest BCUT2D eigenvalue weighted by Crippen LogP contribution is -2.47. The quantitative estimate of drug-likeness (QED) is 0.835. The zero-order valence-corrected chi connectivity index (χ0v) is 12.0. The molecule has 2 saturated heterocycles. The molecule has 3 rings (SSSR count). The molecule has 0 bridgehead atoms. The normalized spacial score (nSPS) is 20.7. The first kappa shape index (κ1) is 14.3. The maximum absolute atomic E-state index is 12.1. The maximum Gasteiger partial charge on any atom is 0.226 e. The second-order valence-corrected chi connectivity index (χ2v) is 5.28. The molecule has 0 unspecified atom stereocenters. The van der Waals surface area contributed by atoms with Crippen molar-refractivity contribution in [1.82, 2.24) is 9.88 Å². The Morgan fingerprint density at radius 2 is 2.10 bits per heavy atom. The lowest BCUT2D eigenvalue weighted by molar-refractivity contribution is -0.187. The smallest absolute Gasteiger partial charge is 0.226 e. The molecule has 6 heteroatoms. The van der Waals surface area contributed by atoms with Crippen LogP contribution in [0.15, 0.2) is 24.5 Å². The molecule has 0 atom stereocenters. The van der Waals surface area contributed by atoms with E-state index in [9.17, 15) is 4.79 Å². The second kappa shape index (κ2) is 6.41. The Bertz CT molecular complexity index is 464. The summed E-state index contributed by atoms with van der Waals surface area (Å²) in [6.07, 6.45) is 5.21. The average molecular weight is 292 g/mol. The van der Waals surface area contributed by atoms with E-state index in [2.05, 4.69) is 4.98 Å². The zero-order chi connectivity index (χ0) is 14.5. The first-order valence-electron chi connectivity index (χ1n) is 7.36. The second-order valence-electron chi connectivity index (χ2n) is 5.28. The summed E-state index contributed by atoms with van der Waals surface area (Å²) in [6, 6.07) is 3.64. The number of hydrogen-bond donors (Lipinski definition) is 0. The van der Waals surface area contributed by atoms with Crippen LogP contribution in [0.1, 0.15) is 19.3 Å². The highest BCUT2D eigenvalue weighted by Crippen LogP contribution is 2.31. The van der Waals surface area contributed by atoms with Crippen LogP contribution in [0.3, 0.4) is 0 Å². The van der Waals surface area contributed by atoms with E-state index in [1.54, 1.807) is 12.4 Å². The summed E-state index contributed by atoms with van der Waals surface area (Å²) in [5.74, 6) is 0.380. The summed E-state index contributed by atoms with van der Waals surface area (Å²) in [4.78, 5) is 18.0. The molecule has 0 saturated carbocycles. The number of hydrogen-bond acceptors (Lipinski definition) is 5. The van der Waals surface area contributed by atoms with Gasteiger partial charge >= 0.3 is 0 Å². The number of carbonyl (C=O) groups excluding carboxylic acids is 1. The highest BCUT2D eigenvalue weighted by molar-refractivity contribution is 5.76. The summed E-state index contributed by atoms with van der Waals surface area (Å²) in [5.41, 5.74) is 0. The van der Waals surface area contributed by atoms with E-state index < -0.39 is 5.79 Å². The monoisotopic (exact) mass is 292 g/mol. The van der Waals surface area contributed by atoms with Crippen LogP contribution in [0.2, 0.25) is 0 Å². The Kier molecular flexibility index (Phi) is 4.36. The van der Waals surface area contributed by atoms with E-state index in [1.807, 2.05) is 17.0 Å². The Morgan fingerprint density at radius 1 is 1.33 bits per heavy atom. The maximum atomic E-state index is 12.1. The molecule has 1 spiro atoms. The van der Waals surface area contributed by atoms with Crippen molar-refractivity contribution >= 4 is 5.91 Å². The van der Waals surface area contributed by atoms with Gasteiger partial charge in [-0.25, -0.2) is 0 Å². The SMILES string of the molecule is O=C(CCOc1cccnc1)N1CCC2(CC1)OCCO2. The first-order valence-corrected chi connectivity index (χ1v) is 7.36. The van der Waals surface area contributed by atoms with E-state index >= 15 is 0 Å². The van der Waals surface area contributed by atoms with Crippen LogP contribution in [0.4, 0.5) is 0 Å². The third kappa shape index (κ3) is 3.51.